The fourth-order valence-corrected chi connectivity index (χ4v) is 7.04. The third kappa shape index (κ3) is 5.89. The van der Waals surface area contributed by atoms with Gasteiger partial charge in [0.15, 0.2) is 11.5 Å². The number of nitrogens with zero attached hydrogens (tertiary/aromatic N) is 3. The van der Waals surface area contributed by atoms with E-state index in [1.807, 2.05) is 60.7 Å². The van der Waals surface area contributed by atoms with Crippen LogP contribution in [0, 0.1) is 6.57 Å². The van der Waals surface area contributed by atoms with Crippen LogP contribution in [0.15, 0.2) is 188 Å². The average molecular weight is 662 g/mol. The molecule has 242 valence electrons. The van der Waals surface area contributed by atoms with Crippen LogP contribution in [0.25, 0.3) is 93.7 Å². The summed E-state index contributed by atoms with van der Waals surface area (Å²) in [6, 6.07) is 65.5. The summed E-state index contributed by atoms with van der Waals surface area (Å²) in [5, 5.41) is 4.78. The monoisotopic (exact) mass is 661 g/mol. The van der Waals surface area contributed by atoms with Crippen LogP contribution in [0.5, 0.6) is 0 Å². The van der Waals surface area contributed by atoms with Gasteiger partial charge in [0.05, 0.1) is 18.0 Å². The second-order valence-electron chi connectivity index (χ2n) is 12.9. The molecule has 0 aliphatic heterocycles. The molecular weight excluding hydrogens is 631 g/mol. The Morgan fingerprint density at radius 2 is 0.865 bits per heavy atom. The largest absolute Gasteiger partial charge is 0.238 e. The number of rotatable bonds is 6. The molecule has 0 radical (unpaired) electrons. The second-order valence-corrected chi connectivity index (χ2v) is 12.9. The van der Waals surface area contributed by atoms with E-state index >= 15 is 0 Å². The van der Waals surface area contributed by atoms with Gasteiger partial charge in [0.2, 0.25) is 0 Å². The van der Waals surface area contributed by atoms with Crippen molar-refractivity contribution in [2.45, 2.75) is 0 Å². The first-order valence-electron chi connectivity index (χ1n) is 17.3. The first kappa shape index (κ1) is 30.9. The topological polar surface area (TPSA) is 30.1 Å². The molecule has 1 heterocycles. The van der Waals surface area contributed by atoms with Crippen LogP contribution in [0.1, 0.15) is 0 Å². The summed E-state index contributed by atoms with van der Waals surface area (Å²) < 4.78 is 0. The van der Waals surface area contributed by atoms with Crippen LogP contribution in [0.2, 0.25) is 0 Å². The van der Waals surface area contributed by atoms with Crippen molar-refractivity contribution < 1.29 is 0 Å². The molecule has 9 aromatic rings. The van der Waals surface area contributed by atoms with E-state index in [1.54, 1.807) is 0 Å². The van der Waals surface area contributed by atoms with Gasteiger partial charge in [0.1, 0.15) is 0 Å². The number of hydrogen-bond donors (Lipinski definition) is 0. The second kappa shape index (κ2) is 13.3. The Balaban J connectivity index is 1.08. The van der Waals surface area contributed by atoms with E-state index in [4.69, 9.17) is 16.5 Å². The maximum Gasteiger partial charge on any atom is 0.187 e. The van der Waals surface area contributed by atoms with Gasteiger partial charge in [0.25, 0.3) is 0 Å². The van der Waals surface area contributed by atoms with Gasteiger partial charge in [-0.2, -0.15) is 0 Å². The van der Waals surface area contributed by atoms with Crippen LogP contribution >= 0.6 is 0 Å². The van der Waals surface area contributed by atoms with Gasteiger partial charge in [-0.15, -0.1) is 0 Å². The smallest absolute Gasteiger partial charge is 0.187 e. The molecule has 0 fully saturated rings. The first-order valence-corrected chi connectivity index (χ1v) is 17.3. The molecule has 0 atom stereocenters. The Morgan fingerprint density at radius 3 is 1.58 bits per heavy atom. The Kier molecular flexibility index (Phi) is 7.89. The number of benzene rings is 8. The zero-order valence-electron chi connectivity index (χ0n) is 28.2. The number of aromatic nitrogens is 2. The minimum absolute atomic E-state index is 0.646. The predicted molar refractivity (Wildman–Crippen MR) is 216 cm³/mol. The van der Waals surface area contributed by atoms with Crippen LogP contribution < -0.4 is 0 Å². The Labute approximate surface area is 303 Å². The standard InChI is InChI=1S/C49H31N3/c1-50-42-26-23-34(24-27-42)46-31-41(30-39-15-8-9-17-44(39)46)38-25-28-45-40(29-38)16-10-18-43(45)33-19-21-36(22-20-33)48-32-47(35-11-4-2-5-12-35)51-49(52-48)37-13-6-3-7-14-37/h2-32H. The zero-order valence-corrected chi connectivity index (χ0v) is 28.2. The molecule has 52 heavy (non-hydrogen) atoms. The third-order valence-electron chi connectivity index (χ3n) is 9.70. The lowest BCUT2D eigenvalue weighted by Gasteiger charge is -2.13. The Morgan fingerprint density at radius 1 is 0.346 bits per heavy atom. The molecule has 0 N–H and O–H groups in total. The van der Waals surface area contributed by atoms with Gasteiger partial charge >= 0.3 is 0 Å². The normalized spacial score (nSPS) is 11.1. The van der Waals surface area contributed by atoms with Gasteiger partial charge in [0, 0.05) is 16.7 Å². The molecule has 0 amide bonds. The molecule has 0 spiro atoms. The summed E-state index contributed by atoms with van der Waals surface area (Å²) in [5.74, 6) is 0.711. The SMILES string of the molecule is [C-]#[N+]c1ccc(-c2cc(-c3ccc4c(-c5ccc(-c6cc(-c7ccccc7)nc(-c7ccccc7)n6)cc5)cccc4c3)cc3ccccc23)cc1. The van der Waals surface area contributed by atoms with Crippen molar-refractivity contribution in [1.82, 2.24) is 9.97 Å². The first-order chi connectivity index (χ1) is 25.7. The molecule has 3 nitrogen and oxygen atoms in total. The summed E-state index contributed by atoms with van der Waals surface area (Å²) in [4.78, 5) is 13.5. The number of fused-ring (bicyclic) bond motifs is 2. The molecule has 9 rings (SSSR count). The van der Waals surface area contributed by atoms with E-state index in [0.29, 0.717) is 11.5 Å². The maximum absolute atomic E-state index is 7.37. The fourth-order valence-electron chi connectivity index (χ4n) is 7.04. The van der Waals surface area contributed by atoms with Gasteiger partial charge in [-0.05, 0) is 79.2 Å². The van der Waals surface area contributed by atoms with Crippen molar-refractivity contribution in [3.05, 3.63) is 199 Å². The van der Waals surface area contributed by atoms with Gasteiger partial charge < -0.3 is 0 Å². The average Bonchev–Trinajstić information content (AvgIpc) is 3.23. The fraction of sp³-hybridized carbons (Fsp3) is 0. The van der Waals surface area contributed by atoms with Gasteiger partial charge in [-0.3, -0.25) is 0 Å². The zero-order chi connectivity index (χ0) is 34.9. The minimum Gasteiger partial charge on any atom is -0.238 e. The van der Waals surface area contributed by atoms with Gasteiger partial charge in [-0.25, -0.2) is 14.8 Å². The van der Waals surface area contributed by atoms with E-state index in [2.05, 4.69) is 132 Å². The van der Waals surface area contributed by atoms with Crippen LogP contribution in [-0.4, -0.2) is 9.97 Å². The van der Waals surface area contributed by atoms with Crippen molar-refractivity contribution in [1.29, 1.82) is 0 Å². The predicted octanol–water partition coefficient (Wildman–Crippen LogP) is 13.3. The minimum atomic E-state index is 0.646. The van der Waals surface area contributed by atoms with Crippen molar-refractivity contribution in [3.8, 4) is 67.3 Å². The van der Waals surface area contributed by atoms with E-state index in [0.717, 1.165) is 55.9 Å². The highest BCUT2D eigenvalue weighted by Gasteiger charge is 2.13. The highest BCUT2D eigenvalue weighted by Crippen LogP contribution is 2.38. The number of hydrogen-bond acceptors (Lipinski definition) is 2. The lowest BCUT2D eigenvalue weighted by Crippen LogP contribution is -1.95. The molecule has 0 unspecified atom stereocenters. The van der Waals surface area contributed by atoms with Crippen LogP contribution in [0.4, 0.5) is 5.69 Å². The van der Waals surface area contributed by atoms with Crippen molar-refractivity contribution in [2.24, 2.45) is 0 Å². The molecular formula is C49H31N3. The molecule has 8 aromatic carbocycles. The Bertz CT molecular complexity index is 2710. The summed E-state index contributed by atoms with van der Waals surface area (Å²) in [5.41, 5.74) is 12.5. The lowest BCUT2D eigenvalue weighted by atomic mass is 9.91. The lowest BCUT2D eigenvalue weighted by molar-refractivity contribution is 1.18. The van der Waals surface area contributed by atoms with E-state index < -0.39 is 0 Å². The van der Waals surface area contributed by atoms with E-state index in [1.165, 1.54) is 27.1 Å². The van der Waals surface area contributed by atoms with Crippen LogP contribution in [-0.2, 0) is 0 Å². The summed E-state index contributed by atoms with van der Waals surface area (Å²) in [6.45, 7) is 7.37. The third-order valence-corrected chi connectivity index (χ3v) is 9.70. The Hall–Kier alpha value is -7.15. The summed E-state index contributed by atoms with van der Waals surface area (Å²) in [6.07, 6.45) is 0. The van der Waals surface area contributed by atoms with Gasteiger partial charge in [-0.1, -0.05) is 164 Å². The highest BCUT2D eigenvalue weighted by molar-refractivity contribution is 6.02. The maximum atomic E-state index is 7.37. The van der Waals surface area contributed by atoms with Crippen molar-refractivity contribution in [3.63, 3.8) is 0 Å². The van der Waals surface area contributed by atoms with Crippen molar-refractivity contribution >= 4 is 27.2 Å². The van der Waals surface area contributed by atoms with E-state index in [-0.39, 0.29) is 0 Å². The van der Waals surface area contributed by atoms with E-state index in [9.17, 15) is 0 Å². The van der Waals surface area contributed by atoms with Crippen LogP contribution in [0.3, 0.4) is 0 Å². The molecule has 0 bridgehead atoms. The molecule has 0 saturated carbocycles. The molecule has 0 saturated heterocycles. The quantitative estimate of drug-likeness (QED) is 0.166. The van der Waals surface area contributed by atoms with Crippen molar-refractivity contribution in [2.75, 3.05) is 0 Å². The summed E-state index contributed by atoms with van der Waals surface area (Å²) in [7, 11) is 0. The molecule has 0 aliphatic rings. The molecule has 0 aliphatic carbocycles. The summed E-state index contributed by atoms with van der Waals surface area (Å²) >= 11 is 0. The molecule has 3 heteroatoms. The molecule has 1 aromatic heterocycles. The highest BCUT2D eigenvalue weighted by atomic mass is 14.9.